The fourth-order valence-electron chi connectivity index (χ4n) is 2.44. The fourth-order valence-corrected chi connectivity index (χ4v) is 3.17. The molecular formula is C18H17FN6O3S. The summed E-state index contributed by atoms with van der Waals surface area (Å²) in [6, 6.07) is 10.1. The van der Waals surface area contributed by atoms with Crippen LogP contribution >= 0.6 is 0 Å². The average molecular weight is 416 g/mol. The van der Waals surface area contributed by atoms with E-state index in [1.54, 1.807) is 19.1 Å². The van der Waals surface area contributed by atoms with E-state index >= 15 is 0 Å². The van der Waals surface area contributed by atoms with Crippen molar-refractivity contribution in [3.63, 3.8) is 0 Å². The van der Waals surface area contributed by atoms with Gasteiger partial charge in [-0.25, -0.2) is 17.5 Å². The zero-order valence-electron chi connectivity index (χ0n) is 15.5. The van der Waals surface area contributed by atoms with Gasteiger partial charge >= 0.3 is 0 Å². The lowest BCUT2D eigenvalue weighted by molar-refractivity contribution is -0.111. The molecule has 150 valence electrons. The van der Waals surface area contributed by atoms with Crippen LogP contribution in [0.3, 0.4) is 0 Å². The Hall–Kier alpha value is -3.44. The van der Waals surface area contributed by atoms with E-state index < -0.39 is 21.7 Å². The van der Waals surface area contributed by atoms with Gasteiger partial charge in [-0.05, 0) is 66.4 Å². The van der Waals surface area contributed by atoms with Crippen LogP contribution in [0.4, 0.5) is 10.1 Å². The second-order valence-electron chi connectivity index (χ2n) is 5.90. The van der Waals surface area contributed by atoms with E-state index in [9.17, 15) is 17.6 Å². The Morgan fingerprint density at radius 3 is 2.52 bits per heavy atom. The van der Waals surface area contributed by atoms with Crippen LogP contribution in [0.2, 0.25) is 0 Å². The first-order valence-corrected chi connectivity index (χ1v) is 9.86. The first kappa shape index (κ1) is 20.3. The molecule has 0 saturated carbocycles. The molecule has 0 spiro atoms. The predicted molar refractivity (Wildman–Crippen MR) is 104 cm³/mol. The van der Waals surface area contributed by atoms with Gasteiger partial charge in [-0.2, -0.15) is 4.68 Å². The quantitative estimate of drug-likeness (QED) is 0.590. The molecule has 0 unspecified atom stereocenters. The maximum absolute atomic E-state index is 14.1. The number of tetrazole rings is 1. The number of amides is 1. The summed E-state index contributed by atoms with van der Waals surface area (Å²) < 4.78 is 40.9. The van der Waals surface area contributed by atoms with E-state index in [0.29, 0.717) is 17.1 Å². The molecule has 0 saturated heterocycles. The molecule has 0 bridgehead atoms. The Bertz CT molecular complexity index is 1170. The normalized spacial score (nSPS) is 11.7. The number of halogens is 1. The number of nitrogens with zero attached hydrogens (tertiary/aromatic N) is 4. The number of hydrogen-bond donors (Lipinski definition) is 2. The standard InChI is InChI=1S/C18H17FN6O3S/c1-12-22-23-24-25(12)17-11-14(6-9-16(17)19)21-18(26)10-5-13-3-7-15(8-4-13)29(27,28)20-2/h3-11,20H,1-2H3,(H,21,26)/b10-5+. The number of carbonyl (C=O) groups is 1. The molecule has 3 rings (SSSR count). The Kier molecular flexibility index (Phi) is 5.80. The lowest BCUT2D eigenvalue weighted by Gasteiger charge is -2.07. The van der Waals surface area contributed by atoms with E-state index in [4.69, 9.17) is 0 Å². The Morgan fingerprint density at radius 1 is 1.17 bits per heavy atom. The minimum atomic E-state index is -3.52. The molecule has 0 atom stereocenters. The maximum atomic E-state index is 14.1. The average Bonchev–Trinajstić information content (AvgIpc) is 3.14. The molecular weight excluding hydrogens is 399 g/mol. The second-order valence-corrected chi connectivity index (χ2v) is 7.79. The van der Waals surface area contributed by atoms with Gasteiger partial charge in [-0.1, -0.05) is 12.1 Å². The van der Waals surface area contributed by atoms with Crippen molar-refractivity contribution >= 4 is 27.7 Å². The number of carbonyl (C=O) groups excluding carboxylic acids is 1. The van der Waals surface area contributed by atoms with Gasteiger partial charge < -0.3 is 5.32 Å². The number of anilines is 1. The number of nitrogens with one attached hydrogen (secondary N) is 2. The number of aryl methyl sites for hydroxylation is 1. The first-order valence-electron chi connectivity index (χ1n) is 8.38. The summed E-state index contributed by atoms with van der Waals surface area (Å²) in [5, 5.41) is 13.5. The van der Waals surface area contributed by atoms with Crippen molar-refractivity contribution in [2.45, 2.75) is 11.8 Å². The van der Waals surface area contributed by atoms with Crippen LogP contribution in [0.1, 0.15) is 11.4 Å². The molecule has 11 heteroatoms. The van der Waals surface area contributed by atoms with E-state index in [1.807, 2.05) is 0 Å². The monoisotopic (exact) mass is 416 g/mol. The molecule has 0 aliphatic rings. The van der Waals surface area contributed by atoms with Gasteiger partial charge in [0.1, 0.15) is 11.5 Å². The summed E-state index contributed by atoms with van der Waals surface area (Å²) in [5.41, 5.74) is 1.11. The Morgan fingerprint density at radius 2 is 1.90 bits per heavy atom. The van der Waals surface area contributed by atoms with Gasteiger partial charge in [-0.3, -0.25) is 4.79 Å². The van der Waals surface area contributed by atoms with E-state index in [1.165, 1.54) is 54.2 Å². The van der Waals surface area contributed by atoms with Crippen LogP contribution in [0.15, 0.2) is 53.4 Å². The third kappa shape index (κ3) is 4.70. The lowest BCUT2D eigenvalue weighted by atomic mass is 10.2. The third-order valence-corrected chi connectivity index (χ3v) is 5.38. The van der Waals surface area contributed by atoms with Gasteiger partial charge in [-0.15, -0.1) is 5.10 Å². The Balaban J connectivity index is 1.72. The molecule has 9 nitrogen and oxygen atoms in total. The third-order valence-electron chi connectivity index (χ3n) is 3.95. The number of hydrogen-bond acceptors (Lipinski definition) is 6. The van der Waals surface area contributed by atoms with Gasteiger partial charge in [0.25, 0.3) is 0 Å². The minimum Gasteiger partial charge on any atom is -0.322 e. The smallest absolute Gasteiger partial charge is 0.248 e. The predicted octanol–water partition coefficient (Wildman–Crippen LogP) is 1.67. The first-order chi connectivity index (χ1) is 13.8. The van der Waals surface area contributed by atoms with Gasteiger partial charge in [0, 0.05) is 11.8 Å². The molecule has 0 aliphatic heterocycles. The van der Waals surface area contributed by atoms with Crippen molar-refractivity contribution in [3.05, 3.63) is 65.7 Å². The number of aromatic nitrogens is 4. The van der Waals surface area contributed by atoms with Crippen LogP contribution in [-0.2, 0) is 14.8 Å². The van der Waals surface area contributed by atoms with Crippen molar-refractivity contribution in [2.75, 3.05) is 12.4 Å². The van der Waals surface area contributed by atoms with Crippen molar-refractivity contribution < 1.29 is 17.6 Å². The van der Waals surface area contributed by atoms with Crippen LogP contribution in [0.25, 0.3) is 11.8 Å². The molecule has 1 heterocycles. The highest BCUT2D eigenvalue weighted by molar-refractivity contribution is 7.89. The van der Waals surface area contributed by atoms with Crippen molar-refractivity contribution in [1.29, 1.82) is 0 Å². The summed E-state index contributed by atoms with van der Waals surface area (Å²) in [4.78, 5) is 12.3. The van der Waals surface area contributed by atoms with Crippen molar-refractivity contribution in [1.82, 2.24) is 24.9 Å². The van der Waals surface area contributed by atoms with Crippen LogP contribution < -0.4 is 10.0 Å². The highest BCUT2D eigenvalue weighted by Crippen LogP contribution is 2.19. The van der Waals surface area contributed by atoms with Gasteiger partial charge in [0.15, 0.2) is 5.82 Å². The summed E-state index contributed by atoms with van der Waals surface area (Å²) in [6.45, 7) is 1.63. The molecule has 2 aromatic carbocycles. The topological polar surface area (TPSA) is 119 Å². The van der Waals surface area contributed by atoms with Crippen molar-refractivity contribution in [3.8, 4) is 5.69 Å². The molecule has 0 aliphatic carbocycles. The molecule has 1 aromatic heterocycles. The largest absolute Gasteiger partial charge is 0.322 e. The summed E-state index contributed by atoms with van der Waals surface area (Å²) in [5.74, 6) is -0.579. The Labute approximate surface area is 166 Å². The highest BCUT2D eigenvalue weighted by Gasteiger charge is 2.12. The number of rotatable bonds is 6. The lowest BCUT2D eigenvalue weighted by Crippen LogP contribution is -2.18. The van der Waals surface area contributed by atoms with E-state index in [-0.39, 0.29) is 10.6 Å². The van der Waals surface area contributed by atoms with Gasteiger partial charge in [0.2, 0.25) is 15.9 Å². The second kappa shape index (κ2) is 8.29. The summed E-state index contributed by atoms with van der Waals surface area (Å²) >= 11 is 0. The van der Waals surface area contributed by atoms with Crippen molar-refractivity contribution in [2.24, 2.45) is 0 Å². The molecule has 0 fully saturated rings. The number of sulfonamides is 1. The zero-order valence-corrected chi connectivity index (χ0v) is 16.3. The summed E-state index contributed by atoms with van der Waals surface area (Å²) in [7, 11) is -2.19. The molecule has 0 radical (unpaired) electrons. The van der Waals surface area contributed by atoms with Gasteiger partial charge in [0.05, 0.1) is 4.90 Å². The van der Waals surface area contributed by atoms with Crippen LogP contribution in [0, 0.1) is 12.7 Å². The summed E-state index contributed by atoms with van der Waals surface area (Å²) in [6.07, 6.45) is 2.81. The van der Waals surface area contributed by atoms with E-state index in [2.05, 4.69) is 25.6 Å². The molecule has 1 amide bonds. The van der Waals surface area contributed by atoms with E-state index in [0.717, 1.165) is 0 Å². The number of benzene rings is 2. The molecule has 29 heavy (non-hydrogen) atoms. The maximum Gasteiger partial charge on any atom is 0.248 e. The molecule has 2 N–H and O–H groups in total. The zero-order chi connectivity index (χ0) is 21.0. The molecule has 3 aromatic rings. The SMILES string of the molecule is CNS(=O)(=O)c1ccc(/C=C/C(=O)Nc2ccc(F)c(-n3nnnc3C)c2)cc1. The fraction of sp³-hybridized carbons (Fsp3) is 0.111. The minimum absolute atomic E-state index is 0.107. The van der Waals surface area contributed by atoms with Crippen LogP contribution in [-0.4, -0.2) is 41.6 Å². The highest BCUT2D eigenvalue weighted by atomic mass is 32.2. The van der Waals surface area contributed by atoms with Crippen LogP contribution in [0.5, 0.6) is 0 Å².